The van der Waals surface area contributed by atoms with E-state index in [2.05, 4.69) is 21.5 Å². The van der Waals surface area contributed by atoms with Gasteiger partial charge in [-0.15, -0.1) is 0 Å². The number of benzene rings is 1. The molecule has 30 heavy (non-hydrogen) atoms. The number of amides is 1. The number of carbonyl (C=O) groups is 1. The molecule has 0 saturated carbocycles. The van der Waals surface area contributed by atoms with Gasteiger partial charge in [0.25, 0.3) is 0 Å². The Morgan fingerprint density at radius 3 is 2.90 bits per heavy atom. The van der Waals surface area contributed by atoms with Crippen LogP contribution in [0.1, 0.15) is 44.9 Å². The lowest BCUT2D eigenvalue weighted by Crippen LogP contribution is -2.43. The molecule has 7 nitrogen and oxygen atoms in total. The van der Waals surface area contributed by atoms with Gasteiger partial charge in [-0.3, -0.25) is 4.79 Å². The van der Waals surface area contributed by atoms with E-state index in [1.807, 2.05) is 29.2 Å². The van der Waals surface area contributed by atoms with Crippen LogP contribution in [0.15, 0.2) is 40.4 Å². The molecule has 2 heterocycles. The van der Waals surface area contributed by atoms with Crippen molar-refractivity contribution in [2.45, 2.75) is 44.9 Å². The molecule has 2 aromatic rings. The van der Waals surface area contributed by atoms with Crippen molar-refractivity contribution in [1.29, 1.82) is 0 Å². The SMILES string of the molecule is COc1ccc(-c2noc(N3CCC[C@H](C(=O)NCCC4=CCCCC4)C3)n2)cc1. The molecule has 0 unspecified atom stereocenters. The van der Waals surface area contributed by atoms with Gasteiger partial charge in [-0.1, -0.05) is 16.8 Å². The van der Waals surface area contributed by atoms with E-state index in [9.17, 15) is 4.79 Å². The Morgan fingerprint density at radius 2 is 2.13 bits per heavy atom. The molecule has 1 aromatic heterocycles. The van der Waals surface area contributed by atoms with E-state index in [0.29, 0.717) is 18.4 Å². The molecule has 1 aliphatic heterocycles. The molecule has 2 aliphatic rings. The van der Waals surface area contributed by atoms with Gasteiger partial charge in [-0.05, 0) is 69.2 Å². The van der Waals surface area contributed by atoms with E-state index in [1.54, 1.807) is 7.11 Å². The van der Waals surface area contributed by atoms with Gasteiger partial charge in [0.2, 0.25) is 11.7 Å². The van der Waals surface area contributed by atoms with Gasteiger partial charge >= 0.3 is 6.01 Å². The van der Waals surface area contributed by atoms with E-state index in [-0.39, 0.29) is 11.8 Å². The molecule has 160 valence electrons. The van der Waals surface area contributed by atoms with Crippen molar-refractivity contribution < 1.29 is 14.1 Å². The molecule has 1 atom stereocenters. The monoisotopic (exact) mass is 410 g/mol. The van der Waals surface area contributed by atoms with Crippen LogP contribution in [-0.4, -0.2) is 42.8 Å². The van der Waals surface area contributed by atoms with Gasteiger partial charge in [0.15, 0.2) is 0 Å². The van der Waals surface area contributed by atoms with Gasteiger partial charge < -0.3 is 19.5 Å². The maximum absolute atomic E-state index is 12.7. The fourth-order valence-corrected chi connectivity index (χ4v) is 4.19. The first-order chi connectivity index (χ1) is 14.7. The molecule has 1 amide bonds. The maximum Gasteiger partial charge on any atom is 0.324 e. The summed E-state index contributed by atoms with van der Waals surface area (Å²) in [6.07, 6.45) is 10.1. The first kappa shape index (κ1) is 20.4. The Hall–Kier alpha value is -2.83. The molecular formula is C23H30N4O3. The molecule has 0 radical (unpaired) electrons. The lowest BCUT2D eigenvalue weighted by Gasteiger charge is -2.30. The van der Waals surface area contributed by atoms with Gasteiger partial charge in [-0.2, -0.15) is 4.98 Å². The van der Waals surface area contributed by atoms with Crippen LogP contribution >= 0.6 is 0 Å². The van der Waals surface area contributed by atoms with Crippen LogP contribution in [0.2, 0.25) is 0 Å². The molecule has 1 fully saturated rings. The lowest BCUT2D eigenvalue weighted by molar-refractivity contribution is -0.125. The number of nitrogens with one attached hydrogen (secondary N) is 1. The average molecular weight is 411 g/mol. The zero-order chi connectivity index (χ0) is 20.8. The molecule has 4 rings (SSSR count). The number of piperidine rings is 1. The Morgan fingerprint density at radius 1 is 1.27 bits per heavy atom. The minimum absolute atomic E-state index is 0.0459. The van der Waals surface area contributed by atoms with Crippen molar-refractivity contribution in [3.05, 3.63) is 35.9 Å². The number of rotatable bonds is 7. The van der Waals surface area contributed by atoms with Gasteiger partial charge in [0, 0.05) is 25.2 Å². The van der Waals surface area contributed by atoms with Crippen molar-refractivity contribution in [1.82, 2.24) is 15.5 Å². The topological polar surface area (TPSA) is 80.5 Å². The second-order valence-corrected chi connectivity index (χ2v) is 8.06. The zero-order valence-corrected chi connectivity index (χ0v) is 17.6. The fourth-order valence-electron chi connectivity index (χ4n) is 4.19. The second-order valence-electron chi connectivity index (χ2n) is 8.06. The van der Waals surface area contributed by atoms with Crippen LogP contribution in [0, 0.1) is 5.92 Å². The summed E-state index contributed by atoms with van der Waals surface area (Å²) in [5, 5.41) is 7.24. The normalized spacial score (nSPS) is 19.3. The second kappa shape index (κ2) is 9.78. The summed E-state index contributed by atoms with van der Waals surface area (Å²) in [7, 11) is 1.64. The first-order valence-electron chi connectivity index (χ1n) is 10.9. The standard InChI is InChI=1S/C23H30N4O3/c1-29-20-11-9-18(10-12-20)21-25-23(30-26-21)27-15-5-8-19(16-27)22(28)24-14-13-17-6-3-2-4-7-17/h6,9-12,19H,2-5,7-8,13-16H2,1H3,(H,24,28)/t19-/m0/s1. The van der Waals surface area contributed by atoms with Gasteiger partial charge in [0.1, 0.15) is 5.75 Å². The fraction of sp³-hybridized carbons (Fsp3) is 0.522. The third-order valence-corrected chi connectivity index (χ3v) is 5.96. The molecule has 0 spiro atoms. The van der Waals surface area contributed by atoms with Gasteiger partial charge in [0.05, 0.1) is 13.0 Å². The highest BCUT2D eigenvalue weighted by Gasteiger charge is 2.28. The Labute approximate surface area is 177 Å². The van der Waals surface area contributed by atoms with E-state index in [4.69, 9.17) is 9.26 Å². The summed E-state index contributed by atoms with van der Waals surface area (Å²) in [5.74, 6) is 1.41. The molecular weight excluding hydrogens is 380 g/mol. The first-order valence-corrected chi connectivity index (χ1v) is 10.9. The van der Waals surface area contributed by atoms with Gasteiger partial charge in [-0.25, -0.2) is 0 Å². The summed E-state index contributed by atoms with van der Waals surface area (Å²) in [6.45, 7) is 2.16. The van der Waals surface area contributed by atoms with Crippen molar-refractivity contribution in [2.75, 3.05) is 31.6 Å². The number of anilines is 1. The largest absolute Gasteiger partial charge is 0.497 e. The number of ether oxygens (including phenoxy) is 1. The highest BCUT2D eigenvalue weighted by atomic mass is 16.5. The number of hydrogen-bond acceptors (Lipinski definition) is 6. The van der Waals surface area contributed by atoms with Crippen molar-refractivity contribution >= 4 is 11.9 Å². The smallest absolute Gasteiger partial charge is 0.324 e. The summed E-state index contributed by atoms with van der Waals surface area (Å²) < 4.78 is 10.7. The number of aromatic nitrogens is 2. The number of hydrogen-bond donors (Lipinski definition) is 1. The Balaban J connectivity index is 1.31. The summed E-state index contributed by atoms with van der Waals surface area (Å²) in [4.78, 5) is 19.2. The third-order valence-electron chi connectivity index (χ3n) is 5.96. The van der Waals surface area contributed by atoms with Crippen LogP contribution in [0.5, 0.6) is 5.75 Å². The Kier molecular flexibility index (Phi) is 6.67. The molecule has 0 bridgehead atoms. The molecule has 1 aliphatic carbocycles. The predicted molar refractivity (Wildman–Crippen MR) is 115 cm³/mol. The summed E-state index contributed by atoms with van der Waals surface area (Å²) in [6, 6.07) is 8.03. The minimum Gasteiger partial charge on any atom is -0.497 e. The number of allylic oxidation sites excluding steroid dienone is 1. The number of methoxy groups -OCH3 is 1. The van der Waals surface area contributed by atoms with E-state index >= 15 is 0 Å². The summed E-state index contributed by atoms with van der Waals surface area (Å²) >= 11 is 0. The van der Waals surface area contributed by atoms with Crippen LogP contribution in [0.4, 0.5) is 6.01 Å². The predicted octanol–water partition coefficient (Wildman–Crippen LogP) is 3.97. The minimum atomic E-state index is -0.0459. The maximum atomic E-state index is 12.7. The van der Waals surface area contributed by atoms with Crippen LogP contribution < -0.4 is 15.0 Å². The number of carbonyl (C=O) groups excluding carboxylic acids is 1. The zero-order valence-electron chi connectivity index (χ0n) is 17.6. The molecule has 1 N–H and O–H groups in total. The van der Waals surface area contributed by atoms with Crippen molar-refractivity contribution in [3.63, 3.8) is 0 Å². The van der Waals surface area contributed by atoms with Crippen LogP contribution in [0.3, 0.4) is 0 Å². The van der Waals surface area contributed by atoms with E-state index < -0.39 is 0 Å². The molecule has 1 saturated heterocycles. The number of nitrogens with zero attached hydrogens (tertiary/aromatic N) is 3. The lowest BCUT2D eigenvalue weighted by atomic mass is 9.96. The highest BCUT2D eigenvalue weighted by Crippen LogP contribution is 2.26. The summed E-state index contributed by atoms with van der Waals surface area (Å²) in [5.41, 5.74) is 2.36. The average Bonchev–Trinajstić information content (AvgIpc) is 3.30. The Bertz CT molecular complexity index is 875. The highest BCUT2D eigenvalue weighted by molar-refractivity contribution is 5.79. The van der Waals surface area contributed by atoms with Crippen molar-refractivity contribution in [3.8, 4) is 17.1 Å². The van der Waals surface area contributed by atoms with Crippen LogP contribution in [0.25, 0.3) is 11.4 Å². The third kappa shape index (κ3) is 5.01. The quantitative estimate of drug-likeness (QED) is 0.696. The molecule has 7 heteroatoms. The van der Waals surface area contributed by atoms with E-state index in [1.165, 1.54) is 31.3 Å². The van der Waals surface area contributed by atoms with Crippen LogP contribution in [-0.2, 0) is 4.79 Å². The van der Waals surface area contributed by atoms with Crippen molar-refractivity contribution in [2.24, 2.45) is 5.92 Å². The molecule has 1 aromatic carbocycles. The van der Waals surface area contributed by atoms with E-state index in [0.717, 1.165) is 43.7 Å².